The van der Waals surface area contributed by atoms with Gasteiger partial charge in [-0.2, -0.15) is 0 Å². The molecule has 0 bridgehead atoms. The first-order valence-corrected chi connectivity index (χ1v) is 11.7. The van der Waals surface area contributed by atoms with Crippen LogP contribution in [0.15, 0.2) is 96.8 Å². The van der Waals surface area contributed by atoms with E-state index in [2.05, 4.69) is 5.32 Å². The minimum absolute atomic E-state index is 0.0885. The van der Waals surface area contributed by atoms with E-state index in [1.165, 1.54) is 6.07 Å². The molecule has 184 valence electrons. The van der Waals surface area contributed by atoms with E-state index in [1.807, 2.05) is 60.7 Å². The van der Waals surface area contributed by atoms with Crippen LogP contribution in [0.25, 0.3) is 5.57 Å². The van der Waals surface area contributed by atoms with Crippen molar-refractivity contribution in [1.29, 1.82) is 0 Å². The Morgan fingerprint density at radius 2 is 1.81 bits per heavy atom. The summed E-state index contributed by atoms with van der Waals surface area (Å²) < 4.78 is 16.6. The highest BCUT2D eigenvalue weighted by atomic mass is 16.5. The lowest BCUT2D eigenvalue weighted by Crippen LogP contribution is -2.12. The van der Waals surface area contributed by atoms with E-state index in [1.54, 1.807) is 38.5 Å². The van der Waals surface area contributed by atoms with Gasteiger partial charge in [-0.3, -0.25) is 4.79 Å². The maximum atomic E-state index is 13.0. The smallest absolute Gasteiger partial charge is 0.259 e. The summed E-state index contributed by atoms with van der Waals surface area (Å²) in [6, 6.07) is 20.0. The first-order chi connectivity index (χ1) is 17.6. The van der Waals surface area contributed by atoms with Gasteiger partial charge >= 0.3 is 0 Å². The first kappa shape index (κ1) is 24.7. The van der Waals surface area contributed by atoms with Gasteiger partial charge in [-0.25, -0.2) is 0 Å². The zero-order valence-corrected chi connectivity index (χ0v) is 20.4. The van der Waals surface area contributed by atoms with Crippen LogP contribution in [0.4, 0.5) is 5.69 Å². The lowest BCUT2D eigenvalue weighted by atomic mass is 10.0. The highest BCUT2D eigenvalue weighted by molar-refractivity contribution is 6.06. The average molecular weight is 484 g/mol. The Hall–Kier alpha value is -4.45. The highest BCUT2D eigenvalue weighted by Crippen LogP contribution is 2.27. The standard InChI is InChI=1S/C30H29NO5/c1-34-25-10-5-8-21(13-15-25)23-14-16-28(32)27(19-23)30(33)31-24-9-6-11-26(20-24)36-18-17-22-7-3-4-12-29(22)35-2/h3-4,6-16,19-20,32H,5,17-18H2,1-2H3,(H,31,33). The number of carbonyl (C=O) groups excluding carboxylic acids is 1. The van der Waals surface area contributed by atoms with Gasteiger partial charge in [0.1, 0.15) is 23.0 Å². The number of carbonyl (C=O) groups is 1. The lowest BCUT2D eigenvalue weighted by molar-refractivity contribution is 0.102. The largest absolute Gasteiger partial charge is 0.507 e. The van der Waals surface area contributed by atoms with Crippen molar-refractivity contribution in [3.05, 3.63) is 113 Å². The number of benzene rings is 3. The van der Waals surface area contributed by atoms with Gasteiger partial charge in [0.25, 0.3) is 5.91 Å². The molecule has 1 aliphatic rings. The number of aromatic hydroxyl groups is 1. The van der Waals surface area contributed by atoms with Gasteiger partial charge in [0, 0.05) is 18.2 Å². The molecule has 0 radical (unpaired) electrons. The van der Waals surface area contributed by atoms with Gasteiger partial charge in [-0.15, -0.1) is 0 Å². The van der Waals surface area contributed by atoms with E-state index in [0.717, 1.165) is 28.2 Å². The summed E-state index contributed by atoms with van der Waals surface area (Å²) >= 11 is 0. The summed E-state index contributed by atoms with van der Waals surface area (Å²) in [5.74, 6) is 1.75. The Bertz CT molecular complexity index is 1320. The van der Waals surface area contributed by atoms with Crippen molar-refractivity contribution in [2.24, 2.45) is 0 Å². The molecule has 36 heavy (non-hydrogen) atoms. The molecule has 1 aliphatic carbocycles. The molecule has 6 nitrogen and oxygen atoms in total. The maximum absolute atomic E-state index is 13.0. The zero-order valence-electron chi connectivity index (χ0n) is 20.4. The number of hydrogen-bond acceptors (Lipinski definition) is 5. The number of allylic oxidation sites excluding steroid dienone is 5. The third kappa shape index (κ3) is 6.16. The SMILES string of the molecule is COC1=CCC=C(c2ccc(O)c(C(=O)Nc3cccc(OCCc4ccccc4OC)c3)c2)C=C1. The highest BCUT2D eigenvalue weighted by Gasteiger charge is 2.14. The van der Waals surface area contributed by atoms with Gasteiger partial charge < -0.3 is 24.6 Å². The van der Waals surface area contributed by atoms with Crippen molar-refractivity contribution in [2.75, 3.05) is 26.1 Å². The van der Waals surface area contributed by atoms with Gasteiger partial charge in [0.15, 0.2) is 0 Å². The van der Waals surface area contributed by atoms with E-state index in [9.17, 15) is 9.90 Å². The average Bonchev–Trinajstić information content (AvgIpc) is 3.15. The summed E-state index contributed by atoms with van der Waals surface area (Å²) in [6.45, 7) is 0.461. The van der Waals surface area contributed by atoms with E-state index < -0.39 is 5.91 Å². The van der Waals surface area contributed by atoms with Crippen LogP contribution in [-0.4, -0.2) is 31.8 Å². The van der Waals surface area contributed by atoms with Crippen molar-refractivity contribution in [1.82, 2.24) is 0 Å². The van der Waals surface area contributed by atoms with Gasteiger partial charge in [-0.05, 0) is 65.6 Å². The van der Waals surface area contributed by atoms with Gasteiger partial charge in [0.2, 0.25) is 0 Å². The molecule has 0 atom stereocenters. The molecule has 0 fully saturated rings. The molecule has 4 rings (SSSR count). The van der Waals surface area contributed by atoms with Crippen LogP contribution < -0.4 is 14.8 Å². The minimum Gasteiger partial charge on any atom is -0.507 e. The molecule has 0 aliphatic heterocycles. The van der Waals surface area contributed by atoms with Crippen LogP contribution in [0.1, 0.15) is 27.9 Å². The summed E-state index contributed by atoms with van der Waals surface area (Å²) in [5.41, 5.74) is 3.59. The number of nitrogens with one attached hydrogen (secondary N) is 1. The Kier molecular flexibility index (Phi) is 8.08. The normalized spacial score (nSPS) is 12.7. The van der Waals surface area contributed by atoms with Crippen LogP contribution in [0.2, 0.25) is 0 Å². The minimum atomic E-state index is -0.408. The Balaban J connectivity index is 1.42. The second kappa shape index (κ2) is 11.8. The molecule has 1 amide bonds. The van der Waals surface area contributed by atoms with Gasteiger partial charge in [0.05, 0.1) is 26.4 Å². The second-order valence-corrected chi connectivity index (χ2v) is 8.16. The number of anilines is 1. The molecule has 0 aromatic heterocycles. The summed E-state index contributed by atoms with van der Waals surface area (Å²) in [6.07, 6.45) is 9.23. The van der Waals surface area contributed by atoms with Crippen molar-refractivity contribution in [3.63, 3.8) is 0 Å². The number of para-hydroxylation sites is 1. The van der Waals surface area contributed by atoms with Gasteiger partial charge in [-0.1, -0.05) is 42.5 Å². The molecule has 3 aromatic rings. The monoisotopic (exact) mass is 483 g/mol. The molecule has 0 saturated carbocycles. The summed E-state index contributed by atoms with van der Waals surface area (Å²) in [5, 5.41) is 13.2. The van der Waals surface area contributed by atoms with E-state index in [0.29, 0.717) is 30.9 Å². The number of amides is 1. The van der Waals surface area contributed by atoms with E-state index in [4.69, 9.17) is 14.2 Å². The number of phenolic OH excluding ortho intramolecular Hbond substituents is 1. The van der Waals surface area contributed by atoms with E-state index >= 15 is 0 Å². The molecular formula is C30H29NO5. The summed E-state index contributed by atoms with van der Waals surface area (Å²) in [7, 11) is 3.28. The molecule has 0 heterocycles. The molecule has 0 spiro atoms. The Labute approximate surface area is 211 Å². The number of phenols is 1. The van der Waals surface area contributed by atoms with Crippen molar-refractivity contribution in [2.45, 2.75) is 12.8 Å². The fourth-order valence-electron chi connectivity index (χ4n) is 3.92. The fraction of sp³-hybridized carbons (Fsp3) is 0.167. The lowest BCUT2D eigenvalue weighted by Gasteiger charge is -2.12. The third-order valence-electron chi connectivity index (χ3n) is 5.82. The Morgan fingerprint density at radius 3 is 2.64 bits per heavy atom. The van der Waals surface area contributed by atoms with Crippen LogP contribution in [0, 0.1) is 0 Å². The van der Waals surface area contributed by atoms with E-state index in [-0.39, 0.29) is 11.3 Å². The van der Waals surface area contributed by atoms with Crippen LogP contribution in [0.3, 0.4) is 0 Å². The van der Waals surface area contributed by atoms with Crippen molar-refractivity contribution < 1.29 is 24.1 Å². The first-order valence-electron chi connectivity index (χ1n) is 11.7. The quantitative estimate of drug-likeness (QED) is 0.382. The molecule has 6 heteroatoms. The number of methoxy groups -OCH3 is 2. The van der Waals surface area contributed by atoms with Crippen LogP contribution in [-0.2, 0) is 11.2 Å². The second-order valence-electron chi connectivity index (χ2n) is 8.16. The number of hydrogen-bond donors (Lipinski definition) is 2. The predicted octanol–water partition coefficient (Wildman–Crippen LogP) is 6.15. The van der Waals surface area contributed by atoms with Crippen molar-refractivity contribution >= 4 is 17.2 Å². The fourth-order valence-corrected chi connectivity index (χ4v) is 3.92. The molecule has 3 aromatic carbocycles. The summed E-state index contributed by atoms with van der Waals surface area (Å²) in [4.78, 5) is 13.0. The van der Waals surface area contributed by atoms with Crippen LogP contribution >= 0.6 is 0 Å². The van der Waals surface area contributed by atoms with Crippen molar-refractivity contribution in [3.8, 4) is 17.2 Å². The maximum Gasteiger partial charge on any atom is 0.259 e. The molecular weight excluding hydrogens is 454 g/mol. The topological polar surface area (TPSA) is 77.0 Å². The molecule has 0 unspecified atom stereocenters. The van der Waals surface area contributed by atoms with Crippen LogP contribution in [0.5, 0.6) is 17.2 Å². The molecule has 2 N–H and O–H groups in total. The third-order valence-corrected chi connectivity index (χ3v) is 5.82. The number of rotatable bonds is 9. The number of ether oxygens (including phenoxy) is 3. The molecule has 0 saturated heterocycles. The predicted molar refractivity (Wildman–Crippen MR) is 142 cm³/mol. The zero-order chi connectivity index (χ0) is 25.3. The Morgan fingerprint density at radius 1 is 0.944 bits per heavy atom.